The van der Waals surface area contributed by atoms with Crippen LogP contribution < -0.4 is 4.74 Å². The molecule has 0 aromatic heterocycles. The molecule has 2 rings (SSSR count). The lowest BCUT2D eigenvalue weighted by Crippen LogP contribution is -2.11. The van der Waals surface area contributed by atoms with Crippen LogP contribution in [0.15, 0.2) is 29.2 Å². The van der Waals surface area contributed by atoms with Gasteiger partial charge in [0.2, 0.25) is 0 Å². The van der Waals surface area contributed by atoms with Gasteiger partial charge in [0, 0.05) is 6.61 Å². The van der Waals surface area contributed by atoms with E-state index in [1.165, 1.54) is 0 Å². The van der Waals surface area contributed by atoms with Crippen molar-refractivity contribution in [1.82, 2.24) is 0 Å². The molecule has 0 bridgehead atoms. The molecule has 3 heteroatoms. The smallest absolute Gasteiger partial charge is 0.254 e. The minimum atomic E-state index is -0.146. The predicted octanol–water partition coefficient (Wildman–Crippen LogP) is 2.49. The van der Waals surface area contributed by atoms with E-state index in [0.29, 0.717) is 6.61 Å². The molecular weight excluding hydrogens is 172 g/mol. The Morgan fingerprint density at radius 1 is 1.50 bits per heavy atom. The van der Waals surface area contributed by atoms with Crippen LogP contribution >= 0.6 is 11.8 Å². The van der Waals surface area contributed by atoms with E-state index in [1.807, 2.05) is 31.2 Å². The zero-order chi connectivity index (χ0) is 8.39. The first-order chi connectivity index (χ1) is 5.90. The summed E-state index contributed by atoms with van der Waals surface area (Å²) in [6, 6.07) is 7.97. The molecule has 0 amide bonds. The van der Waals surface area contributed by atoms with E-state index in [9.17, 15) is 0 Å². The number of para-hydroxylation sites is 1. The third-order valence-corrected chi connectivity index (χ3v) is 2.61. The van der Waals surface area contributed by atoms with Crippen molar-refractivity contribution in [2.24, 2.45) is 0 Å². The molecular formula is C9H10O2S. The number of rotatable bonds is 2. The van der Waals surface area contributed by atoms with E-state index in [1.54, 1.807) is 11.8 Å². The predicted molar refractivity (Wildman–Crippen MR) is 48.3 cm³/mol. The number of hydrogen-bond donors (Lipinski definition) is 0. The van der Waals surface area contributed by atoms with E-state index in [4.69, 9.17) is 9.47 Å². The fourth-order valence-corrected chi connectivity index (χ4v) is 2.03. The van der Waals surface area contributed by atoms with Gasteiger partial charge in [0.15, 0.2) is 0 Å². The molecule has 1 aromatic carbocycles. The lowest BCUT2D eigenvalue weighted by molar-refractivity contribution is -0.00383. The Labute approximate surface area is 75.9 Å². The quantitative estimate of drug-likeness (QED) is 0.700. The Hall–Kier alpha value is -0.670. The maximum atomic E-state index is 5.49. The molecule has 0 fully saturated rings. The molecule has 0 saturated carbocycles. The van der Waals surface area contributed by atoms with Crippen molar-refractivity contribution < 1.29 is 9.47 Å². The van der Waals surface area contributed by atoms with Gasteiger partial charge in [-0.25, -0.2) is 0 Å². The maximum absolute atomic E-state index is 5.49. The zero-order valence-electron chi connectivity index (χ0n) is 6.82. The van der Waals surface area contributed by atoms with Crippen LogP contribution in [0.2, 0.25) is 0 Å². The number of ether oxygens (including phenoxy) is 2. The van der Waals surface area contributed by atoms with Gasteiger partial charge in [-0.1, -0.05) is 12.1 Å². The molecule has 64 valence electrons. The van der Waals surface area contributed by atoms with Gasteiger partial charge in [-0.3, -0.25) is 0 Å². The molecule has 1 unspecified atom stereocenters. The van der Waals surface area contributed by atoms with Gasteiger partial charge >= 0.3 is 0 Å². The van der Waals surface area contributed by atoms with Crippen LogP contribution in [0.5, 0.6) is 5.75 Å². The van der Waals surface area contributed by atoms with Crippen LogP contribution in [-0.2, 0) is 4.74 Å². The fraction of sp³-hybridized carbons (Fsp3) is 0.333. The second-order valence-electron chi connectivity index (χ2n) is 2.43. The molecule has 0 radical (unpaired) electrons. The maximum Gasteiger partial charge on any atom is 0.254 e. The first-order valence-electron chi connectivity index (χ1n) is 3.94. The molecule has 0 saturated heterocycles. The Morgan fingerprint density at radius 3 is 3.08 bits per heavy atom. The highest BCUT2D eigenvalue weighted by molar-refractivity contribution is 8.00. The average molecular weight is 182 g/mol. The largest absolute Gasteiger partial charge is 0.454 e. The van der Waals surface area contributed by atoms with E-state index in [-0.39, 0.29) is 5.62 Å². The summed E-state index contributed by atoms with van der Waals surface area (Å²) in [5.41, 5.74) is -0.146. The number of benzene rings is 1. The normalized spacial score (nSPS) is 20.2. The van der Waals surface area contributed by atoms with Gasteiger partial charge in [0.05, 0.1) is 4.90 Å². The monoisotopic (exact) mass is 182 g/mol. The molecule has 0 N–H and O–H groups in total. The van der Waals surface area contributed by atoms with Gasteiger partial charge in [-0.05, 0) is 30.8 Å². The van der Waals surface area contributed by atoms with Crippen molar-refractivity contribution in [3.8, 4) is 5.75 Å². The van der Waals surface area contributed by atoms with Crippen molar-refractivity contribution in [2.45, 2.75) is 17.4 Å². The summed E-state index contributed by atoms with van der Waals surface area (Å²) in [6.45, 7) is 2.65. The molecule has 1 aromatic rings. The highest BCUT2D eigenvalue weighted by Gasteiger charge is 2.22. The standard InChI is InChI=1S/C9H10O2S/c1-2-10-9-11-7-5-3-4-6-8(7)12-9/h3-6,9H,2H2,1H3. The first kappa shape index (κ1) is 7.95. The van der Waals surface area contributed by atoms with Crippen LogP contribution in [0.4, 0.5) is 0 Å². The third-order valence-electron chi connectivity index (χ3n) is 1.60. The number of hydrogen-bond acceptors (Lipinski definition) is 3. The Balaban J connectivity index is 2.11. The van der Waals surface area contributed by atoms with E-state index >= 15 is 0 Å². The van der Waals surface area contributed by atoms with Gasteiger partial charge in [0.1, 0.15) is 5.75 Å². The molecule has 0 aliphatic carbocycles. The molecule has 1 atom stereocenters. The molecule has 0 spiro atoms. The molecule has 1 heterocycles. The molecule has 2 nitrogen and oxygen atoms in total. The first-order valence-corrected chi connectivity index (χ1v) is 4.82. The summed E-state index contributed by atoms with van der Waals surface area (Å²) in [5, 5.41) is 0. The molecule has 1 aliphatic heterocycles. The zero-order valence-corrected chi connectivity index (χ0v) is 7.64. The van der Waals surface area contributed by atoms with Gasteiger partial charge in [-0.2, -0.15) is 0 Å². The highest BCUT2D eigenvalue weighted by Crippen LogP contribution is 2.40. The van der Waals surface area contributed by atoms with E-state index in [2.05, 4.69) is 0 Å². The van der Waals surface area contributed by atoms with Crippen molar-refractivity contribution in [2.75, 3.05) is 6.61 Å². The SMILES string of the molecule is CCOC1Oc2ccccc2S1. The Kier molecular flexibility index (Phi) is 2.23. The minimum absolute atomic E-state index is 0.146. The van der Waals surface area contributed by atoms with Crippen molar-refractivity contribution in [3.05, 3.63) is 24.3 Å². The molecule has 1 aliphatic rings. The fourth-order valence-electron chi connectivity index (χ4n) is 1.08. The van der Waals surface area contributed by atoms with E-state index in [0.717, 1.165) is 10.6 Å². The lowest BCUT2D eigenvalue weighted by Gasteiger charge is -2.07. The van der Waals surface area contributed by atoms with Crippen molar-refractivity contribution >= 4 is 11.8 Å². The minimum Gasteiger partial charge on any atom is -0.454 e. The van der Waals surface area contributed by atoms with Gasteiger partial charge in [-0.15, -0.1) is 0 Å². The second kappa shape index (κ2) is 3.37. The molecule has 12 heavy (non-hydrogen) atoms. The Bertz CT molecular complexity index is 250. The van der Waals surface area contributed by atoms with Crippen LogP contribution in [0.25, 0.3) is 0 Å². The van der Waals surface area contributed by atoms with Crippen LogP contribution in [0, 0.1) is 0 Å². The topological polar surface area (TPSA) is 18.5 Å². The summed E-state index contributed by atoms with van der Waals surface area (Å²) >= 11 is 1.62. The van der Waals surface area contributed by atoms with Crippen molar-refractivity contribution in [1.29, 1.82) is 0 Å². The lowest BCUT2D eigenvalue weighted by atomic mass is 10.3. The van der Waals surface area contributed by atoms with Crippen LogP contribution in [-0.4, -0.2) is 12.2 Å². The number of fused-ring (bicyclic) bond motifs is 1. The average Bonchev–Trinajstić information content (AvgIpc) is 2.47. The number of thioether (sulfide) groups is 1. The van der Waals surface area contributed by atoms with Crippen LogP contribution in [0.3, 0.4) is 0 Å². The third kappa shape index (κ3) is 1.42. The van der Waals surface area contributed by atoms with Gasteiger partial charge < -0.3 is 9.47 Å². The summed E-state index contributed by atoms with van der Waals surface area (Å²) in [4.78, 5) is 1.16. The van der Waals surface area contributed by atoms with Crippen LogP contribution in [0.1, 0.15) is 6.92 Å². The van der Waals surface area contributed by atoms with Crippen molar-refractivity contribution in [3.63, 3.8) is 0 Å². The van der Waals surface area contributed by atoms with Gasteiger partial charge in [0.25, 0.3) is 5.62 Å². The summed E-state index contributed by atoms with van der Waals surface area (Å²) in [6.07, 6.45) is 0. The second-order valence-corrected chi connectivity index (χ2v) is 3.49. The highest BCUT2D eigenvalue weighted by atomic mass is 32.2. The summed E-state index contributed by atoms with van der Waals surface area (Å²) in [7, 11) is 0. The Morgan fingerprint density at radius 2 is 2.33 bits per heavy atom. The van der Waals surface area contributed by atoms with E-state index < -0.39 is 0 Å². The summed E-state index contributed by atoms with van der Waals surface area (Å²) in [5.74, 6) is 0.931. The summed E-state index contributed by atoms with van der Waals surface area (Å²) < 4.78 is 10.8.